The minimum absolute atomic E-state index is 0.119. The maximum absolute atomic E-state index is 12.4. The van der Waals surface area contributed by atoms with Crippen molar-refractivity contribution >= 4 is 0 Å². The van der Waals surface area contributed by atoms with Crippen molar-refractivity contribution in [1.29, 1.82) is 0 Å². The van der Waals surface area contributed by atoms with Crippen LogP contribution in [0.15, 0.2) is 24.3 Å². The summed E-state index contributed by atoms with van der Waals surface area (Å²) in [5.41, 5.74) is 0.717. The van der Waals surface area contributed by atoms with Crippen LogP contribution in [0.5, 0.6) is 5.75 Å². The molecule has 5 heteroatoms. The van der Waals surface area contributed by atoms with E-state index in [1.165, 1.54) is 18.9 Å². The first-order chi connectivity index (χ1) is 9.78. The summed E-state index contributed by atoms with van der Waals surface area (Å²) in [6, 6.07) is 6.63. The van der Waals surface area contributed by atoms with Crippen LogP contribution < -0.4 is 10.1 Å². The van der Waals surface area contributed by atoms with Gasteiger partial charge in [0.05, 0.1) is 0 Å². The van der Waals surface area contributed by atoms with E-state index in [0.29, 0.717) is 18.2 Å². The standard InChI is InChI=1S/C16H22F3NO/c1-15(2)10-6-5-9-14(15)20-11-12-7-3-4-8-13(12)21-16(17,18)19/h3-4,7-8,14,20H,5-6,9-11H2,1-2H3. The SMILES string of the molecule is CC1(C)CCCCC1NCc1ccccc1OC(F)(F)F. The molecule has 1 aliphatic carbocycles. The van der Waals surface area contributed by atoms with Crippen LogP contribution in [0.4, 0.5) is 13.2 Å². The molecule has 2 nitrogen and oxygen atoms in total. The van der Waals surface area contributed by atoms with E-state index in [2.05, 4.69) is 23.9 Å². The van der Waals surface area contributed by atoms with E-state index in [1.807, 2.05) is 0 Å². The summed E-state index contributed by atoms with van der Waals surface area (Å²) in [7, 11) is 0. The number of alkyl halides is 3. The van der Waals surface area contributed by atoms with Crippen LogP contribution in [0, 0.1) is 5.41 Å². The lowest BCUT2D eigenvalue weighted by Gasteiger charge is -2.39. The molecule has 1 saturated carbocycles. The van der Waals surface area contributed by atoms with E-state index < -0.39 is 6.36 Å². The summed E-state index contributed by atoms with van der Waals surface area (Å²) < 4.78 is 41.3. The van der Waals surface area contributed by atoms with Crippen LogP contribution in [0.2, 0.25) is 0 Å². The number of hydrogen-bond acceptors (Lipinski definition) is 2. The Morgan fingerprint density at radius 1 is 1.24 bits per heavy atom. The Morgan fingerprint density at radius 3 is 2.62 bits per heavy atom. The average Bonchev–Trinajstić information content (AvgIpc) is 2.37. The lowest BCUT2D eigenvalue weighted by atomic mass is 9.73. The maximum atomic E-state index is 12.4. The van der Waals surface area contributed by atoms with Crippen LogP contribution >= 0.6 is 0 Å². The third kappa shape index (κ3) is 4.63. The number of nitrogens with one attached hydrogen (secondary N) is 1. The average molecular weight is 301 g/mol. The quantitative estimate of drug-likeness (QED) is 0.874. The first-order valence-electron chi connectivity index (χ1n) is 7.35. The molecular formula is C16H22F3NO. The Kier molecular flexibility index (Phi) is 4.81. The van der Waals surface area contributed by atoms with Crippen LogP contribution in [0.25, 0.3) is 0 Å². The summed E-state index contributed by atoms with van der Waals surface area (Å²) in [5, 5.41) is 3.41. The highest BCUT2D eigenvalue weighted by atomic mass is 19.4. The molecule has 0 radical (unpaired) electrons. The van der Waals surface area contributed by atoms with Crippen molar-refractivity contribution in [3.05, 3.63) is 29.8 Å². The molecule has 0 heterocycles. The van der Waals surface area contributed by atoms with Gasteiger partial charge in [-0.3, -0.25) is 0 Å². The summed E-state index contributed by atoms with van der Waals surface area (Å²) >= 11 is 0. The first-order valence-corrected chi connectivity index (χ1v) is 7.35. The fraction of sp³-hybridized carbons (Fsp3) is 0.625. The Bertz CT molecular complexity index is 471. The Morgan fingerprint density at radius 2 is 1.95 bits per heavy atom. The molecule has 21 heavy (non-hydrogen) atoms. The number of ether oxygens (including phenoxy) is 1. The zero-order valence-corrected chi connectivity index (χ0v) is 12.5. The molecular weight excluding hydrogens is 279 g/mol. The molecule has 0 aliphatic heterocycles. The van der Waals surface area contributed by atoms with Crippen LogP contribution in [-0.4, -0.2) is 12.4 Å². The van der Waals surface area contributed by atoms with E-state index >= 15 is 0 Å². The van der Waals surface area contributed by atoms with Crippen molar-refractivity contribution in [1.82, 2.24) is 5.32 Å². The lowest BCUT2D eigenvalue weighted by molar-refractivity contribution is -0.274. The molecule has 1 N–H and O–H groups in total. The van der Waals surface area contributed by atoms with Gasteiger partial charge in [-0.25, -0.2) is 0 Å². The van der Waals surface area contributed by atoms with Crippen molar-refractivity contribution in [2.45, 2.75) is 58.5 Å². The van der Waals surface area contributed by atoms with Gasteiger partial charge in [-0.1, -0.05) is 44.9 Å². The van der Waals surface area contributed by atoms with Crippen LogP contribution in [-0.2, 0) is 6.54 Å². The van der Waals surface area contributed by atoms with Gasteiger partial charge >= 0.3 is 6.36 Å². The summed E-state index contributed by atoms with van der Waals surface area (Å²) in [5.74, 6) is -0.119. The summed E-state index contributed by atoms with van der Waals surface area (Å²) in [6.45, 7) is 4.81. The molecule has 1 unspecified atom stereocenters. The molecule has 1 aromatic carbocycles. The van der Waals surface area contributed by atoms with E-state index in [9.17, 15) is 13.2 Å². The van der Waals surface area contributed by atoms with Gasteiger partial charge in [0, 0.05) is 18.2 Å². The maximum Gasteiger partial charge on any atom is 0.573 e. The predicted octanol–water partition coefficient (Wildman–Crippen LogP) is 4.64. The molecule has 2 rings (SSSR count). The van der Waals surface area contributed by atoms with E-state index in [1.54, 1.807) is 18.2 Å². The normalized spacial score (nSPS) is 22.0. The number of benzene rings is 1. The van der Waals surface area contributed by atoms with Gasteiger partial charge in [0.25, 0.3) is 0 Å². The highest BCUT2D eigenvalue weighted by Gasteiger charge is 2.33. The number of halogens is 3. The van der Waals surface area contributed by atoms with Gasteiger partial charge in [-0.15, -0.1) is 13.2 Å². The van der Waals surface area contributed by atoms with Crippen LogP contribution in [0.1, 0.15) is 45.1 Å². The molecule has 0 bridgehead atoms. The molecule has 0 aromatic heterocycles. The lowest BCUT2D eigenvalue weighted by Crippen LogP contribution is -2.43. The summed E-state index contributed by atoms with van der Waals surface area (Å²) in [4.78, 5) is 0. The number of para-hydroxylation sites is 1. The molecule has 118 valence electrons. The van der Waals surface area contributed by atoms with E-state index in [4.69, 9.17) is 0 Å². The smallest absolute Gasteiger partial charge is 0.405 e. The highest BCUT2D eigenvalue weighted by Crippen LogP contribution is 2.36. The van der Waals surface area contributed by atoms with Gasteiger partial charge in [-0.2, -0.15) is 0 Å². The van der Waals surface area contributed by atoms with E-state index in [0.717, 1.165) is 12.8 Å². The second kappa shape index (κ2) is 6.26. The van der Waals surface area contributed by atoms with Crippen molar-refractivity contribution in [3.8, 4) is 5.75 Å². The molecule has 1 fully saturated rings. The highest BCUT2D eigenvalue weighted by molar-refractivity contribution is 5.33. The van der Waals surface area contributed by atoms with Gasteiger partial charge in [0.1, 0.15) is 5.75 Å². The van der Waals surface area contributed by atoms with Gasteiger partial charge in [-0.05, 0) is 24.3 Å². The molecule has 0 spiro atoms. The largest absolute Gasteiger partial charge is 0.573 e. The fourth-order valence-electron chi connectivity index (χ4n) is 2.98. The number of rotatable bonds is 4. The molecule has 0 saturated heterocycles. The molecule has 0 amide bonds. The third-order valence-corrected chi connectivity index (χ3v) is 4.24. The molecule has 1 aliphatic rings. The van der Waals surface area contributed by atoms with Crippen molar-refractivity contribution in [2.24, 2.45) is 5.41 Å². The van der Waals surface area contributed by atoms with Gasteiger partial charge < -0.3 is 10.1 Å². The zero-order valence-electron chi connectivity index (χ0n) is 12.5. The minimum atomic E-state index is -4.65. The monoisotopic (exact) mass is 301 g/mol. The second-order valence-corrected chi connectivity index (χ2v) is 6.32. The predicted molar refractivity (Wildman–Crippen MR) is 76.0 cm³/mol. The van der Waals surface area contributed by atoms with Gasteiger partial charge in [0.2, 0.25) is 0 Å². The van der Waals surface area contributed by atoms with Crippen molar-refractivity contribution in [3.63, 3.8) is 0 Å². The van der Waals surface area contributed by atoms with Crippen LogP contribution in [0.3, 0.4) is 0 Å². The topological polar surface area (TPSA) is 21.3 Å². The Balaban J connectivity index is 2.03. The zero-order chi connectivity index (χ0) is 15.5. The van der Waals surface area contributed by atoms with Gasteiger partial charge in [0.15, 0.2) is 0 Å². The first kappa shape index (κ1) is 16.1. The Labute approximate surface area is 123 Å². The minimum Gasteiger partial charge on any atom is -0.405 e. The summed E-state index contributed by atoms with van der Waals surface area (Å²) in [6.07, 6.45) is -0.0539. The number of hydrogen-bond donors (Lipinski definition) is 1. The second-order valence-electron chi connectivity index (χ2n) is 6.32. The van der Waals surface area contributed by atoms with E-state index in [-0.39, 0.29) is 11.2 Å². The molecule has 1 aromatic rings. The Hall–Kier alpha value is -1.23. The van der Waals surface area contributed by atoms with Crippen molar-refractivity contribution in [2.75, 3.05) is 0 Å². The van der Waals surface area contributed by atoms with Crippen molar-refractivity contribution < 1.29 is 17.9 Å². The third-order valence-electron chi connectivity index (χ3n) is 4.24. The molecule has 1 atom stereocenters. The fourth-order valence-corrected chi connectivity index (χ4v) is 2.98.